The molecule has 1 amide bonds. The number of benzene rings is 1. The van der Waals surface area contributed by atoms with Crippen molar-refractivity contribution in [1.29, 1.82) is 0 Å². The first-order valence-corrected chi connectivity index (χ1v) is 8.15. The average Bonchev–Trinajstić information content (AvgIpc) is 2.83. The van der Waals surface area contributed by atoms with Crippen molar-refractivity contribution in [3.63, 3.8) is 0 Å². The first-order chi connectivity index (χ1) is 12.1. The maximum absolute atomic E-state index is 13.8. The van der Waals surface area contributed by atoms with Crippen LogP contribution in [0, 0.1) is 5.82 Å². The van der Waals surface area contributed by atoms with Gasteiger partial charge in [-0.15, -0.1) is 0 Å². The van der Waals surface area contributed by atoms with Crippen LogP contribution in [0.25, 0.3) is 0 Å². The van der Waals surface area contributed by atoms with Crippen LogP contribution in [0.3, 0.4) is 0 Å². The minimum absolute atomic E-state index is 0.000314. The van der Waals surface area contributed by atoms with Crippen molar-refractivity contribution in [1.82, 2.24) is 5.32 Å². The monoisotopic (exact) mass is 418 g/mol. The normalized spacial score (nSPS) is 24.4. The lowest BCUT2D eigenvalue weighted by Crippen LogP contribution is -2.68. The summed E-state index contributed by atoms with van der Waals surface area (Å²) in [5.41, 5.74) is -4.45. The molecule has 0 saturated heterocycles. The minimum Gasteiger partial charge on any atom is -0.379 e. The van der Waals surface area contributed by atoms with Crippen LogP contribution in [0.4, 0.5) is 30.7 Å². The number of rotatable bonds is 3. The van der Waals surface area contributed by atoms with Gasteiger partial charge < -0.3 is 10.4 Å². The van der Waals surface area contributed by atoms with Crippen molar-refractivity contribution in [2.75, 3.05) is 0 Å². The number of halogens is 7. The molecule has 1 aliphatic heterocycles. The van der Waals surface area contributed by atoms with E-state index in [4.69, 9.17) is 0 Å². The highest BCUT2D eigenvalue weighted by atomic mass is 32.2. The van der Waals surface area contributed by atoms with Crippen LogP contribution in [-0.2, 0) is 4.79 Å². The summed E-state index contributed by atoms with van der Waals surface area (Å²) in [6, 6.07) is 4.19. The third-order valence-corrected chi connectivity index (χ3v) is 5.61. The Bertz CT molecular complexity index is 776. The van der Waals surface area contributed by atoms with Crippen LogP contribution in [0.2, 0.25) is 0 Å². The van der Waals surface area contributed by atoms with E-state index in [0.717, 1.165) is 6.07 Å². The van der Waals surface area contributed by atoms with E-state index in [1.54, 1.807) is 0 Å². The van der Waals surface area contributed by atoms with E-state index < -0.39 is 57.4 Å². The Hall–Kier alpha value is -1.82. The standard InChI is InChI=1S/C15H13F7N2O2S/c1-7(8-5-3-4-6-9(8)16)23-11-24-10(25)13(27-11,15(20,21)22)12(2,26)14(17,18)19/h3-7,26H,1-2H3,(H,23,24,25)/t7-,12?,13?/m0/s1. The van der Waals surface area contributed by atoms with Gasteiger partial charge in [-0.05, 0) is 19.9 Å². The van der Waals surface area contributed by atoms with Gasteiger partial charge in [0, 0.05) is 5.56 Å². The van der Waals surface area contributed by atoms with Crippen LogP contribution in [0.5, 0.6) is 0 Å². The molecule has 2 rings (SSSR count). The summed E-state index contributed by atoms with van der Waals surface area (Å²) in [6.07, 6.45) is -11.5. The van der Waals surface area contributed by atoms with Crippen molar-refractivity contribution >= 4 is 22.8 Å². The second-order valence-corrected chi connectivity index (χ2v) is 7.16. The number of aliphatic imine (C=N–C) groups is 1. The predicted molar refractivity (Wildman–Crippen MR) is 83.4 cm³/mol. The Kier molecular flexibility index (Phi) is 5.30. The second kappa shape index (κ2) is 6.66. The van der Waals surface area contributed by atoms with E-state index in [9.17, 15) is 40.6 Å². The molecule has 0 bridgehead atoms. The number of amides is 1. The summed E-state index contributed by atoms with van der Waals surface area (Å²) in [7, 11) is 0. The Morgan fingerprint density at radius 2 is 1.74 bits per heavy atom. The maximum atomic E-state index is 13.8. The average molecular weight is 418 g/mol. The molecule has 0 radical (unpaired) electrons. The third kappa shape index (κ3) is 3.40. The fraction of sp³-hybridized carbons (Fsp3) is 0.467. The van der Waals surface area contributed by atoms with Gasteiger partial charge in [-0.25, -0.2) is 4.39 Å². The fourth-order valence-electron chi connectivity index (χ4n) is 2.50. The molecular weight excluding hydrogens is 405 g/mol. The van der Waals surface area contributed by atoms with Crippen LogP contribution in [0.1, 0.15) is 25.5 Å². The molecule has 0 aromatic heterocycles. The van der Waals surface area contributed by atoms with Crippen molar-refractivity contribution < 1.29 is 40.6 Å². The third-order valence-electron chi connectivity index (χ3n) is 4.10. The lowest BCUT2D eigenvalue weighted by molar-refractivity contribution is -0.299. The molecule has 150 valence electrons. The lowest BCUT2D eigenvalue weighted by atomic mass is 9.86. The number of carbonyl (C=O) groups is 1. The van der Waals surface area contributed by atoms with Crippen LogP contribution in [0.15, 0.2) is 29.3 Å². The number of amidine groups is 1. The molecule has 27 heavy (non-hydrogen) atoms. The lowest BCUT2D eigenvalue weighted by Gasteiger charge is -2.41. The van der Waals surface area contributed by atoms with Gasteiger partial charge in [0.15, 0.2) is 10.8 Å². The van der Waals surface area contributed by atoms with Gasteiger partial charge in [-0.3, -0.25) is 4.79 Å². The van der Waals surface area contributed by atoms with Crippen molar-refractivity contribution in [2.45, 2.75) is 42.6 Å². The maximum Gasteiger partial charge on any atom is 0.419 e. The molecule has 12 heteroatoms. The fourth-order valence-corrected chi connectivity index (χ4v) is 3.71. The largest absolute Gasteiger partial charge is 0.419 e. The molecule has 1 aromatic carbocycles. The zero-order chi connectivity index (χ0) is 20.8. The molecular formula is C15H13F7N2O2S. The Balaban J connectivity index is 2.39. The minimum atomic E-state index is -5.78. The van der Waals surface area contributed by atoms with E-state index in [1.165, 1.54) is 25.1 Å². The van der Waals surface area contributed by atoms with Gasteiger partial charge in [0.1, 0.15) is 5.82 Å². The molecule has 0 saturated carbocycles. The quantitative estimate of drug-likeness (QED) is 0.735. The molecule has 1 aliphatic rings. The van der Waals surface area contributed by atoms with Gasteiger partial charge in [0.2, 0.25) is 4.75 Å². The van der Waals surface area contributed by atoms with Gasteiger partial charge in [0.05, 0.1) is 6.04 Å². The number of hydrogen-bond donors (Lipinski definition) is 2. The Morgan fingerprint density at radius 1 is 1.19 bits per heavy atom. The number of hydrogen-bond acceptors (Lipinski definition) is 4. The topological polar surface area (TPSA) is 61.7 Å². The zero-order valence-electron chi connectivity index (χ0n) is 13.7. The van der Waals surface area contributed by atoms with E-state index in [-0.39, 0.29) is 12.5 Å². The molecule has 1 aromatic rings. The summed E-state index contributed by atoms with van der Waals surface area (Å²) in [5, 5.41) is 11.2. The number of aliphatic hydroxyl groups is 1. The van der Waals surface area contributed by atoms with Crippen LogP contribution in [-0.4, -0.2) is 38.9 Å². The molecule has 0 fully saturated rings. The highest BCUT2D eigenvalue weighted by Gasteiger charge is 2.80. The summed E-state index contributed by atoms with van der Waals surface area (Å²) >= 11 is -0.592. The number of nitrogens with one attached hydrogen (secondary N) is 1. The summed E-state index contributed by atoms with van der Waals surface area (Å²) in [4.78, 5) is 14.9. The zero-order valence-corrected chi connectivity index (χ0v) is 14.6. The second-order valence-electron chi connectivity index (χ2n) is 5.96. The van der Waals surface area contributed by atoms with E-state index >= 15 is 0 Å². The van der Waals surface area contributed by atoms with Gasteiger partial charge in [-0.1, -0.05) is 30.0 Å². The highest BCUT2D eigenvalue weighted by molar-refractivity contribution is 8.16. The molecule has 3 atom stereocenters. The number of thioether (sulfide) groups is 1. The van der Waals surface area contributed by atoms with E-state index in [2.05, 4.69) is 10.3 Å². The molecule has 2 unspecified atom stereocenters. The predicted octanol–water partition coefficient (Wildman–Crippen LogP) is 3.72. The first kappa shape index (κ1) is 21.5. The van der Waals surface area contributed by atoms with Crippen molar-refractivity contribution in [3.8, 4) is 0 Å². The van der Waals surface area contributed by atoms with Gasteiger partial charge in [0.25, 0.3) is 5.91 Å². The summed E-state index contributed by atoms with van der Waals surface area (Å²) in [6.45, 7) is 1.19. The molecule has 0 aliphatic carbocycles. The van der Waals surface area contributed by atoms with Gasteiger partial charge >= 0.3 is 12.4 Å². The van der Waals surface area contributed by atoms with E-state index in [1.807, 2.05) is 0 Å². The van der Waals surface area contributed by atoms with Gasteiger partial charge in [-0.2, -0.15) is 31.3 Å². The number of carbonyl (C=O) groups excluding carboxylic acids is 1. The Morgan fingerprint density at radius 3 is 2.22 bits per heavy atom. The highest BCUT2D eigenvalue weighted by Crippen LogP contribution is 2.57. The summed E-state index contributed by atoms with van der Waals surface area (Å²) in [5.74, 6) is -2.91. The van der Waals surface area contributed by atoms with Crippen molar-refractivity contribution in [3.05, 3.63) is 35.6 Å². The molecule has 1 heterocycles. The molecule has 2 N–H and O–H groups in total. The SMILES string of the molecule is C[C@H](NC1=NC(=O)C(C(F)(F)F)(C(C)(O)C(F)(F)F)S1)c1ccccc1F. The summed E-state index contributed by atoms with van der Waals surface area (Å²) < 4.78 is 89.4. The van der Waals surface area contributed by atoms with E-state index in [0.29, 0.717) is 0 Å². The van der Waals surface area contributed by atoms with Crippen LogP contribution >= 0.6 is 11.8 Å². The number of alkyl halides is 6. The Labute approximate surface area is 152 Å². The van der Waals surface area contributed by atoms with Crippen LogP contribution < -0.4 is 5.32 Å². The molecule has 4 nitrogen and oxygen atoms in total. The first-order valence-electron chi connectivity index (χ1n) is 7.34. The molecule has 0 spiro atoms. The van der Waals surface area contributed by atoms with Crippen molar-refractivity contribution in [2.24, 2.45) is 4.99 Å². The smallest absolute Gasteiger partial charge is 0.379 e. The number of nitrogens with zero attached hydrogens (tertiary/aromatic N) is 1.